The summed E-state index contributed by atoms with van der Waals surface area (Å²) in [5, 5.41) is 3.69. The summed E-state index contributed by atoms with van der Waals surface area (Å²) >= 11 is 0. The number of alkyl halides is 2. The van der Waals surface area contributed by atoms with Crippen LogP contribution in [0.4, 0.5) is 8.78 Å². The lowest BCUT2D eigenvalue weighted by Crippen LogP contribution is -2.06. The molecule has 0 unspecified atom stereocenters. The maximum atomic E-state index is 11.7. The van der Waals surface area contributed by atoms with E-state index in [2.05, 4.69) is 5.10 Å². The van der Waals surface area contributed by atoms with E-state index in [0.717, 1.165) is 5.56 Å². The van der Waals surface area contributed by atoms with Gasteiger partial charge in [-0.1, -0.05) is 0 Å². The molecule has 0 aromatic carbocycles. The highest BCUT2D eigenvalue weighted by molar-refractivity contribution is 4.99. The highest BCUT2D eigenvalue weighted by Gasteiger charge is 2.03. The molecule has 0 aliphatic heterocycles. The third-order valence-corrected chi connectivity index (χ3v) is 1.09. The van der Waals surface area contributed by atoms with E-state index in [9.17, 15) is 8.78 Å². The lowest BCUT2D eigenvalue weighted by Gasteiger charge is -1.96. The molecular formula is C6H8F2N2. The average molecular weight is 146 g/mol. The van der Waals surface area contributed by atoms with Crippen molar-refractivity contribution in [2.24, 2.45) is 0 Å². The van der Waals surface area contributed by atoms with Crippen LogP contribution in [-0.2, 0) is 6.54 Å². The van der Waals surface area contributed by atoms with Crippen molar-refractivity contribution in [1.82, 2.24) is 9.78 Å². The summed E-state index contributed by atoms with van der Waals surface area (Å²) in [7, 11) is 0. The SMILES string of the molecule is Cc1cnn(CC(F)F)c1. The fraction of sp³-hybridized carbons (Fsp3) is 0.500. The molecule has 1 aromatic rings. The Morgan fingerprint density at radius 1 is 1.70 bits per heavy atom. The Labute approximate surface area is 57.5 Å². The first-order valence-corrected chi connectivity index (χ1v) is 2.95. The van der Waals surface area contributed by atoms with Crippen LogP contribution in [0.2, 0.25) is 0 Å². The molecule has 0 saturated heterocycles. The molecule has 0 spiro atoms. The number of halogens is 2. The molecule has 0 amide bonds. The fourth-order valence-electron chi connectivity index (χ4n) is 0.708. The van der Waals surface area contributed by atoms with Crippen LogP contribution in [0.25, 0.3) is 0 Å². The van der Waals surface area contributed by atoms with Crippen molar-refractivity contribution in [2.75, 3.05) is 0 Å². The molecule has 10 heavy (non-hydrogen) atoms. The third-order valence-electron chi connectivity index (χ3n) is 1.09. The van der Waals surface area contributed by atoms with Crippen molar-refractivity contribution < 1.29 is 8.78 Å². The van der Waals surface area contributed by atoms with Crippen LogP contribution in [0.15, 0.2) is 12.4 Å². The van der Waals surface area contributed by atoms with E-state index in [4.69, 9.17) is 0 Å². The van der Waals surface area contributed by atoms with Crippen LogP contribution in [0.5, 0.6) is 0 Å². The number of hydrogen-bond acceptors (Lipinski definition) is 1. The van der Waals surface area contributed by atoms with Gasteiger partial charge in [0.05, 0.1) is 6.20 Å². The number of hydrogen-bond donors (Lipinski definition) is 0. The highest BCUT2D eigenvalue weighted by Crippen LogP contribution is 1.99. The van der Waals surface area contributed by atoms with Gasteiger partial charge in [0.25, 0.3) is 6.43 Å². The molecule has 0 saturated carbocycles. The molecule has 0 atom stereocenters. The molecule has 1 aromatic heterocycles. The van der Waals surface area contributed by atoms with Gasteiger partial charge in [-0.25, -0.2) is 8.78 Å². The Morgan fingerprint density at radius 3 is 2.80 bits per heavy atom. The third kappa shape index (κ3) is 1.79. The molecule has 4 heteroatoms. The summed E-state index contributed by atoms with van der Waals surface area (Å²) in [5.41, 5.74) is 0.903. The molecule has 0 N–H and O–H groups in total. The number of rotatable bonds is 2. The van der Waals surface area contributed by atoms with Gasteiger partial charge in [0, 0.05) is 6.20 Å². The lowest BCUT2D eigenvalue weighted by atomic mass is 10.4. The van der Waals surface area contributed by atoms with Gasteiger partial charge in [0.2, 0.25) is 0 Å². The van der Waals surface area contributed by atoms with Gasteiger partial charge in [-0.15, -0.1) is 0 Å². The summed E-state index contributed by atoms with van der Waals surface area (Å²) in [6, 6.07) is 0. The molecule has 1 heterocycles. The molecule has 0 aliphatic carbocycles. The first-order chi connectivity index (χ1) is 4.68. The zero-order valence-electron chi connectivity index (χ0n) is 5.59. The predicted molar refractivity (Wildman–Crippen MR) is 33.0 cm³/mol. The average Bonchev–Trinajstić information content (AvgIpc) is 2.13. The van der Waals surface area contributed by atoms with E-state index in [1.807, 2.05) is 6.92 Å². The molecule has 2 nitrogen and oxygen atoms in total. The quantitative estimate of drug-likeness (QED) is 0.617. The van der Waals surface area contributed by atoms with Gasteiger partial charge < -0.3 is 0 Å². The van der Waals surface area contributed by atoms with Gasteiger partial charge >= 0.3 is 0 Å². The Hall–Kier alpha value is -0.930. The predicted octanol–water partition coefficient (Wildman–Crippen LogP) is 1.46. The summed E-state index contributed by atoms with van der Waals surface area (Å²) in [6.07, 6.45) is 0.827. The Bertz CT molecular complexity index is 207. The van der Waals surface area contributed by atoms with E-state index in [-0.39, 0.29) is 6.54 Å². The minimum Gasteiger partial charge on any atom is -0.267 e. The minimum absolute atomic E-state index is 0.312. The second kappa shape index (κ2) is 2.77. The Morgan fingerprint density at radius 2 is 2.40 bits per heavy atom. The zero-order valence-corrected chi connectivity index (χ0v) is 5.59. The molecule has 1 rings (SSSR count). The van der Waals surface area contributed by atoms with Crippen molar-refractivity contribution in [3.63, 3.8) is 0 Å². The Balaban J connectivity index is 2.58. The highest BCUT2D eigenvalue weighted by atomic mass is 19.3. The van der Waals surface area contributed by atoms with Crippen molar-refractivity contribution in [1.29, 1.82) is 0 Å². The zero-order chi connectivity index (χ0) is 7.56. The van der Waals surface area contributed by atoms with Crippen LogP contribution in [0, 0.1) is 6.92 Å². The van der Waals surface area contributed by atoms with Crippen LogP contribution >= 0.6 is 0 Å². The Kier molecular flexibility index (Phi) is 1.99. The maximum absolute atomic E-state index is 11.7. The van der Waals surface area contributed by atoms with E-state index in [0.29, 0.717) is 0 Å². The van der Waals surface area contributed by atoms with E-state index in [1.165, 1.54) is 4.68 Å². The standard InChI is InChI=1S/C6H8F2N2/c1-5-2-9-10(3-5)4-6(7)8/h2-3,6H,4H2,1H3. The van der Waals surface area contributed by atoms with Crippen molar-refractivity contribution in [2.45, 2.75) is 19.9 Å². The van der Waals surface area contributed by atoms with Crippen LogP contribution in [0.3, 0.4) is 0 Å². The molecule has 56 valence electrons. The van der Waals surface area contributed by atoms with Gasteiger partial charge in [-0.05, 0) is 12.5 Å². The second-order valence-electron chi connectivity index (χ2n) is 2.13. The largest absolute Gasteiger partial charge is 0.267 e. The molecule has 0 radical (unpaired) electrons. The van der Waals surface area contributed by atoms with Crippen LogP contribution in [-0.4, -0.2) is 16.2 Å². The number of nitrogens with zero attached hydrogens (tertiary/aromatic N) is 2. The number of aromatic nitrogens is 2. The first-order valence-electron chi connectivity index (χ1n) is 2.95. The monoisotopic (exact) mass is 146 g/mol. The molecule has 0 aliphatic rings. The normalized spacial score (nSPS) is 10.8. The van der Waals surface area contributed by atoms with Crippen LogP contribution in [0.1, 0.15) is 5.56 Å². The minimum atomic E-state index is -2.32. The topological polar surface area (TPSA) is 17.8 Å². The van der Waals surface area contributed by atoms with Gasteiger partial charge in [0.1, 0.15) is 6.54 Å². The van der Waals surface area contributed by atoms with Crippen molar-refractivity contribution in [3.8, 4) is 0 Å². The second-order valence-corrected chi connectivity index (χ2v) is 2.13. The van der Waals surface area contributed by atoms with Gasteiger partial charge in [0.15, 0.2) is 0 Å². The van der Waals surface area contributed by atoms with Gasteiger partial charge in [-0.2, -0.15) is 5.10 Å². The van der Waals surface area contributed by atoms with Crippen molar-refractivity contribution >= 4 is 0 Å². The van der Waals surface area contributed by atoms with E-state index in [1.54, 1.807) is 12.4 Å². The molecule has 0 bridgehead atoms. The smallest absolute Gasteiger partial charge is 0.257 e. The summed E-state index contributed by atoms with van der Waals surface area (Å²) < 4.78 is 24.6. The maximum Gasteiger partial charge on any atom is 0.257 e. The van der Waals surface area contributed by atoms with E-state index >= 15 is 0 Å². The lowest BCUT2D eigenvalue weighted by molar-refractivity contribution is 0.122. The first kappa shape index (κ1) is 7.18. The summed E-state index contributed by atoms with van der Waals surface area (Å²) in [5.74, 6) is 0. The van der Waals surface area contributed by atoms with E-state index < -0.39 is 6.43 Å². The number of aryl methyl sites for hydroxylation is 1. The molecular weight excluding hydrogens is 138 g/mol. The summed E-state index contributed by atoms with van der Waals surface area (Å²) in [4.78, 5) is 0. The fourth-order valence-corrected chi connectivity index (χ4v) is 0.708. The van der Waals surface area contributed by atoms with Crippen molar-refractivity contribution in [3.05, 3.63) is 18.0 Å². The molecule has 0 fully saturated rings. The van der Waals surface area contributed by atoms with Gasteiger partial charge in [-0.3, -0.25) is 4.68 Å². The summed E-state index contributed by atoms with van der Waals surface area (Å²) in [6.45, 7) is 1.50. The van der Waals surface area contributed by atoms with Crippen LogP contribution < -0.4 is 0 Å².